The Morgan fingerprint density at radius 3 is 2.54 bits per heavy atom. The minimum Gasteiger partial charge on any atom is -0.467 e. The minimum absolute atomic E-state index is 0.0395. The Morgan fingerprint density at radius 2 is 1.93 bits per heavy atom. The molecule has 1 amide bonds. The summed E-state index contributed by atoms with van der Waals surface area (Å²) < 4.78 is 45.2. The van der Waals surface area contributed by atoms with Crippen LogP contribution in [0.25, 0.3) is 0 Å². The van der Waals surface area contributed by atoms with Gasteiger partial charge in [0.1, 0.15) is 5.82 Å². The van der Waals surface area contributed by atoms with E-state index in [2.05, 4.69) is 14.8 Å². The van der Waals surface area contributed by atoms with Gasteiger partial charge in [-0.15, -0.1) is 0 Å². The number of hydrogen-bond donors (Lipinski definition) is 3. The van der Waals surface area contributed by atoms with E-state index < -0.39 is 40.4 Å². The summed E-state index contributed by atoms with van der Waals surface area (Å²) in [6.45, 7) is 0.846. The van der Waals surface area contributed by atoms with Gasteiger partial charge in [0, 0.05) is 11.3 Å². The molecule has 0 bridgehead atoms. The van der Waals surface area contributed by atoms with Gasteiger partial charge >= 0.3 is 5.97 Å². The summed E-state index contributed by atoms with van der Waals surface area (Å²) in [4.78, 5) is 23.4. The number of nitrogens with one attached hydrogen (secondary N) is 2. The highest BCUT2D eigenvalue weighted by molar-refractivity contribution is 7.92. The van der Waals surface area contributed by atoms with E-state index in [1.165, 1.54) is 43.3 Å². The highest BCUT2D eigenvalue weighted by Crippen LogP contribution is 2.19. The molecule has 0 aromatic heterocycles. The number of halogens is 1. The molecule has 2 aromatic carbocycles. The number of carbonyl (C=O) groups is 2. The Morgan fingerprint density at radius 1 is 1.21 bits per heavy atom. The van der Waals surface area contributed by atoms with Crippen molar-refractivity contribution >= 4 is 27.6 Å². The van der Waals surface area contributed by atoms with E-state index in [0.29, 0.717) is 5.56 Å². The van der Waals surface area contributed by atoms with Crippen LogP contribution in [0.15, 0.2) is 47.4 Å². The zero-order chi connectivity index (χ0) is 20.9. The van der Waals surface area contributed by atoms with Gasteiger partial charge < -0.3 is 15.2 Å². The molecule has 10 heteroatoms. The van der Waals surface area contributed by atoms with Crippen LogP contribution in [0, 0.1) is 12.7 Å². The van der Waals surface area contributed by atoms with E-state index in [9.17, 15) is 22.4 Å². The quantitative estimate of drug-likeness (QED) is 0.590. The Kier molecular flexibility index (Phi) is 6.71. The van der Waals surface area contributed by atoms with E-state index in [1.54, 1.807) is 0 Å². The van der Waals surface area contributed by atoms with Gasteiger partial charge in [0.05, 0.1) is 18.6 Å². The number of ether oxygens (including phenoxy) is 1. The van der Waals surface area contributed by atoms with Gasteiger partial charge in [-0.2, -0.15) is 0 Å². The number of sulfonamides is 1. The van der Waals surface area contributed by atoms with Crippen molar-refractivity contribution in [2.24, 2.45) is 0 Å². The molecule has 150 valence electrons. The van der Waals surface area contributed by atoms with E-state index in [4.69, 9.17) is 5.11 Å². The molecular formula is C18H19FN2O6S. The first-order valence-corrected chi connectivity index (χ1v) is 9.55. The van der Waals surface area contributed by atoms with Crippen LogP contribution in [-0.2, 0) is 19.6 Å². The number of aliphatic hydroxyl groups is 1. The van der Waals surface area contributed by atoms with Gasteiger partial charge in [0.2, 0.25) is 0 Å². The normalized spacial score (nSPS) is 12.1. The molecule has 0 heterocycles. The number of carbonyl (C=O) groups excluding carboxylic acids is 2. The van der Waals surface area contributed by atoms with Crippen molar-refractivity contribution in [1.29, 1.82) is 0 Å². The second kappa shape index (κ2) is 8.81. The zero-order valence-electron chi connectivity index (χ0n) is 15.1. The Bertz CT molecular complexity index is 993. The highest BCUT2D eigenvalue weighted by atomic mass is 32.2. The number of hydrogen-bond acceptors (Lipinski definition) is 6. The Labute approximate surface area is 161 Å². The molecule has 0 aliphatic carbocycles. The van der Waals surface area contributed by atoms with E-state index in [0.717, 1.165) is 13.2 Å². The van der Waals surface area contributed by atoms with Gasteiger partial charge in [-0.05, 0) is 42.8 Å². The van der Waals surface area contributed by atoms with Crippen molar-refractivity contribution in [3.05, 3.63) is 59.4 Å². The highest BCUT2D eigenvalue weighted by Gasteiger charge is 2.22. The lowest BCUT2D eigenvalue weighted by Gasteiger charge is -2.14. The molecule has 0 fully saturated rings. The van der Waals surface area contributed by atoms with E-state index in [1.807, 2.05) is 0 Å². The summed E-state index contributed by atoms with van der Waals surface area (Å²) in [6.07, 6.45) is 0. The second-order valence-corrected chi connectivity index (χ2v) is 7.51. The number of methoxy groups -OCH3 is 1. The van der Waals surface area contributed by atoms with Crippen molar-refractivity contribution in [3.8, 4) is 0 Å². The maximum Gasteiger partial charge on any atom is 0.330 e. The zero-order valence-corrected chi connectivity index (χ0v) is 15.9. The molecule has 2 rings (SSSR count). The molecule has 0 unspecified atom stereocenters. The topological polar surface area (TPSA) is 122 Å². The lowest BCUT2D eigenvalue weighted by Crippen LogP contribution is -2.44. The third kappa shape index (κ3) is 5.05. The first kappa shape index (κ1) is 21.3. The predicted octanol–water partition coefficient (Wildman–Crippen LogP) is 1.20. The number of amides is 1. The largest absolute Gasteiger partial charge is 0.467 e. The number of aryl methyl sites for hydroxylation is 1. The molecule has 8 nitrogen and oxygen atoms in total. The van der Waals surface area contributed by atoms with E-state index in [-0.39, 0.29) is 16.1 Å². The molecule has 0 radical (unpaired) electrons. The van der Waals surface area contributed by atoms with Gasteiger partial charge in [0.15, 0.2) is 6.04 Å². The van der Waals surface area contributed by atoms with Crippen LogP contribution in [0.2, 0.25) is 0 Å². The maximum atomic E-state index is 13.7. The van der Waals surface area contributed by atoms with Crippen molar-refractivity contribution in [1.82, 2.24) is 5.32 Å². The monoisotopic (exact) mass is 410 g/mol. The lowest BCUT2D eigenvalue weighted by molar-refractivity contribution is -0.143. The van der Waals surface area contributed by atoms with Crippen LogP contribution in [0.4, 0.5) is 10.1 Å². The second-order valence-electron chi connectivity index (χ2n) is 5.83. The van der Waals surface area contributed by atoms with Gasteiger partial charge in [-0.3, -0.25) is 9.52 Å². The predicted molar refractivity (Wildman–Crippen MR) is 98.7 cm³/mol. The van der Waals surface area contributed by atoms with Gasteiger partial charge in [0.25, 0.3) is 15.9 Å². The molecule has 1 atom stereocenters. The standard InChI is InChI=1S/C18H19FN2O6S/c1-11-6-7-14(9-15(11)19)28(25,26)21-13-5-3-4-12(8-13)17(23)20-16(10-22)18(24)27-2/h3-9,16,21-22H,10H2,1-2H3,(H,20,23)/t16-/m0/s1. The van der Waals surface area contributed by atoms with Gasteiger partial charge in [-0.25, -0.2) is 17.6 Å². The lowest BCUT2D eigenvalue weighted by atomic mass is 10.2. The van der Waals surface area contributed by atoms with Crippen LogP contribution in [0.5, 0.6) is 0 Å². The average molecular weight is 410 g/mol. The molecule has 28 heavy (non-hydrogen) atoms. The van der Waals surface area contributed by atoms with Crippen molar-refractivity contribution in [2.45, 2.75) is 17.9 Å². The molecule has 0 saturated carbocycles. The number of esters is 1. The minimum atomic E-state index is -4.08. The van der Waals surface area contributed by atoms with Crippen LogP contribution >= 0.6 is 0 Å². The molecule has 0 saturated heterocycles. The molecule has 0 aliphatic heterocycles. The molecular weight excluding hydrogens is 391 g/mol. The first-order chi connectivity index (χ1) is 13.2. The molecule has 3 N–H and O–H groups in total. The molecule has 0 aliphatic rings. The summed E-state index contributed by atoms with van der Waals surface area (Å²) in [6, 6.07) is 7.71. The molecule has 2 aromatic rings. The summed E-state index contributed by atoms with van der Waals surface area (Å²) in [5, 5.41) is 11.4. The van der Waals surface area contributed by atoms with Crippen molar-refractivity contribution in [2.75, 3.05) is 18.4 Å². The third-order valence-corrected chi connectivity index (χ3v) is 5.18. The Balaban J connectivity index is 2.21. The first-order valence-electron chi connectivity index (χ1n) is 8.06. The smallest absolute Gasteiger partial charge is 0.330 e. The number of anilines is 1. The van der Waals surface area contributed by atoms with Crippen molar-refractivity contribution < 1.29 is 32.2 Å². The fourth-order valence-electron chi connectivity index (χ4n) is 2.24. The summed E-state index contributed by atoms with van der Waals surface area (Å²) in [5.74, 6) is -2.20. The van der Waals surface area contributed by atoms with Crippen LogP contribution in [-0.4, -0.2) is 45.2 Å². The molecule has 0 spiro atoms. The summed E-state index contributed by atoms with van der Waals surface area (Å²) in [7, 11) is -2.96. The van der Waals surface area contributed by atoms with Crippen LogP contribution in [0.1, 0.15) is 15.9 Å². The SMILES string of the molecule is COC(=O)[C@H](CO)NC(=O)c1cccc(NS(=O)(=O)c2ccc(C)c(F)c2)c1. The third-order valence-electron chi connectivity index (χ3n) is 3.80. The van der Waals surface area contributed by atoms with Gasteiger partial charge in [-0.1, -0.05) is 12.1 Å². The fraction of sp³-hybridized carbons (Fsp3) is 0.222. The number of aliphatic hydroxyl groups excluding tert-OH is 1. The maximum absolute atomic E-state index is 13.7. The summed E-state index contributed by atoms with van der Waals surface area (Å²) >= 11 is 0. The van der Waals surface area contributed by atoms with Crippen LogP contribution < -0.4 is 10.0 Å². The average Bonchev–Trinajstić information content (AvgIpc) is 2.67. The van der Waals surface area contributed by atoms with Crippen molar-refractivity contribution in [3.63, 3.8) is 0 Å². The van der Waals surface area contributed by atoms with Crippen LogP contribution in [0.3, 0.4) is 0 Å². The summed E-state index contributed by atoms with van der Waals surface area (Å²) in [5.41, 5.74) is 0.409. The fourth-order valence-corrected chi connectivity index (χ4v) is 3.30. The Hall–Kier alpha value is -2.98. The van der Waals surface area contributed by atoms with E-state index >= 15 is 0 Å². The number of benzene rings is 2. The number of rotatable bonds is 7.